The summed E-state index contributed by atoms with van der Waals surface area (Å²) in [6, 6.07) is 9.91. The Hall–Kier alpha value is -1.68. The van der Waals surface area contributed by atoms with Gasteiger partial charge in [-0.05, 0) is 31.2 Å². The van der Waals surface area contributed by atoms with Crippen LogP contribution < -0.4 is 0 Å². The van der Waals surface area contributed by atoms with Gasteiger partial charge in [0.1, 0.15) is 0 Å². The van der Waals surface area contributed by atoms with Crippen molar-refractivity contribution in [1.29, 1.82) is 0 Å². The minimum Gasteiger partial charge on any atom is -0.373 e. The highest BCUT2D eigenvalue weighted by Crippen LogP contribution is 2.45. The minimum absolute atomic E-state index is 0.141. The van der Waals surface area contributed by atoms with Crippen LogP contribution in [0.5, 0.6) is 0 Å². The molecule has 1 aliphatic carbocycles. The first kappa shape index (κ1) is 15.2. The van der Waals surface area contributed by atoms with Crippen molar-refractivity contribution in [2.75, 3.05) is 0 Å². The fourth-order valence-corrected chi connectivity index (χ4v) is 4.25. The number of likely N-dealkylation sites (tertiary alicyclic amines) is 1. The Morgan fingerprint density at radius 1 is 1.32 bits per heavy atom. The number of benzene rings is 1. The van der Waals surface area contributed by atoms with Crippen LogP contribution in [-0.2, 0) is 16.1 Å². The fourth-order valence-electron chi connectivity index (χ4n) is 4.25. The van der Waals surface area contributed by atoms with E-state index in [1.807, 2.05) is 37.3 Å². The zero-order valence-electron chi connectivity index (χ0n) is 13.2. The van der Waals surface area contributed by atoms with Crippen LogP contribution in [0.2, 0.25) is 0 Å². The summed E-state index contributed by atoms with van der Waals surface area (Å²) in [4.78, 5) is 26.7. The molecular weight excluding hydrogens is 278 g/mol. The van der Waals surface area contributed by atoms with Gasteiger partial charge in [-0.1, -0.05) is 43.7 Å². The molecule has 1 aromatic rings. The molecule has 22 heavy (non-hydrogen) atoms. The number of hydrogen-bond acceptors (Lipinski definition) is 3. The van der Waals surface area contributed by atoms with E-state index in [9.17, 15) is 14.7 Å². The Kier molecular flexibility index (Phi) is 3.81. The van der Waals surface area contributed by atoms with Crippen molar-refractivity contribution in [2.24, 2.45) is 11.8 Å². The van der Waals surface area contributed by atoms with Gasteiger partial charge < -0.3 is 10.0 Å². The Morgan fingerprint density at radius 2 is 2.00 bits per heavy atom. The molecule has 1 N–H and O–H groups in total. The highest BCUT2D eigenvalue weighted by atomic mass is 16.3. The number of Topliss-reactive ketones (excluding diaryl/α,β-unsaturated/α-hetero) is 1. The van der Waals surface area contributed by atoms with Gasteiger partial charge >= 0.3 is 0 Å². The maximum Gasteiger partial charge on any atom is 0.263 e. The van der Waals surface area contributed by atoms with Crippen LogP contribution >= 0.6 is 0 Å². The molecule has 2 aliphatic rings. The highest BCUT2D eigenvalue weighted by Gasteiger charge is 2.59. The maximum atomic E-state index is 12.9. The van der Waals surface area contributed by atoms with Gasteiger partial charge in [-0.2, -0.15) is 0 Å². The quantitative estimate of drug-likeness (QED) is 0.870. The number of carbonyl (C=O) groups excluding carboxylic acids is 2. The van der Waals surface area contributed by atoms with E-state index in [1.54, 1.807) is 4.90 Å². The van der Waals surface area contributed by atoms with E-state index in [1.165, 1.54) is 6.92 Å². The molecule has 1 amide bonds. The molecule has 1 saturated heterocycles. The van der Waals surface area contributed by atoms with Crippen molar-refractivity contribution >= 4 is 11.7 Å². The topological polar surface area (TPSA) is 57.6 Å². The van der Waals surface area contributed by atoms with Crippen molar-refractivity contribution in [3.05, 3.63) is 35.9 Å². The second kappa shape index (κ2) is 5.51. The molecule has 4 nitrogen and oxygen atoms in total. The smallest absolute Gasteiger partial charge is 0.263 e. The molecule has 0 radical (unpaired) electrons. The van der Waals surface area contributed by atoms with Gasteiger partial charge in [0, 0.05) is 18.5 Å². The Balaban J connectivity index is 1.97. The Morgan fingerprint density at radius 3 is 2.64 bits per heavy atom. The summed E-state index contributed by atoms with van der Waals surface area (Å²) in [6.45, 7) is 3.63. The van der Waals surface area contributed by atoms with Crippen molar-refractivity contribution < 1.29 is 14.7 Å². The zero-order chi connectivity index (χ0) is 15.9. The number of aliphatic hydroxyl groups is 1. The highest BCUT2D eigenvalue weighted by molar-refractivity contribution is 6.09. The first-order valence-corrected chi connectivity index (χ1v) is 8.04. The summed E-state index contributed by atoms with van der Waals surface area (Å²) in [5.41, 5.74) is -0.831. The Labute approximate surface area is 131 Å². The molecule has 4 heteroatoms. The first-order valence-electron chi connectivity index (χ1n) is 8.04. The van der Waals surface area contributed by atoms with Gasteiger partial charge in [-0.25, -0.2) is 0 Å². The molecule has 3 rings (SSSR count). The minimum atomic E-state index is -1.86. The van der Waals surface area contributed by atoms with E-state index in [4.69, 9.17) is 0 Å². The molecule has 1 aromatic carbocycles. The van der Waals surface area contributed by atoms with Crippen molar-refractivity contribution in [2.45, 2.75) is 51.3 Å². The average Bonchev–Trinajstić information content (AvgIpc) is 2.99. The molecule has 4 atom stereocenters. The molecule has 2 fully saturated rings. The molecule has 0 aromatic heterocycles. The second-order valence-electron chi connectivity index (χ2n) is 6.69. The van der Waals surface area contributed by atoms with Crippen molar-refractivity contribution in [3.63, 3.8) is 0 Å². The van der Waals surface area contributed by atoms with Gasteiger partial charge in [-0.3, -0.25) is 9.59 Å². The van der Waals surface area contributed by atoms with Crippen molar-refractivity contribution in [3.8, 4) is 0 Å². The lowest BCUT2D eigenvalue weighted by Crippen LogP contribution is -2.66. The number of ketones is 1. The third kappa shape index (κ3) is 2.17. The summed E-state index contributed by atoms with van der Waals surface area (Å²) in [6.07, 6.45) is 2.98. The van der Waals surface area contributed by atoms with Crippen LogP contribution in [0, 0.1) is 11.8 Å². The lowest BCUT2D eigenvalue weighted by Gasteiger charge is -2.48. The summed E-state index contributed by atoms with van der Waals surface area (Å²) in [5, 5.41) is 10.8. The number of rotatable bonds is 3. The number of amides is 1. The number of carbonyl (C=O) groups is 2. The second-order valence-corrected chi connectivity index (χ2v) is 6.69. The summed E-state index contributed by atoms with van der Waals surface area (Å²) in [5.74, 6) is -0.958. The fraction of sp³-hybridized carbons (Fsp3) is 0.556. The van der Waals surface area contributed by atoms with Gasteiger partial charge in [0.2, 0.25) is 5.60 Å². The van der Waals surface area contributed by atoms with Crippen LogP contribution in [0.4, 0.5) is 0 Å². The Bertz CT molecular complexity index is 585. The molecule has 0 bridgehead atoms. The lowest BCUT2D eigenvalue weighted by molar-refractivity contribution is -0.180. The van der Waals surface area contributed by atoms with E-state index in [-0.39, 0.29) is 17.9 Å². The standard InChI is InChI=1S/C18H23NO3/c1-12-15-9-6-10-16(15)19(11-14-7-4-3-5-8-14)17(21)18(12,22)13(2)20/h3-5,7-8,12,15-16,22H,6,9-11H2,1-2H3/t12-,15-,16+,18-/m1/s1. The van der Waals surface area contributed by atoms with Crippen LogP contribution in [0.1, 0.15) is 38.7 Å². The molecule has 1 saturated carbocycles. The van der Waals surface area contributed by atoms with Gasteiger partial charge in [0.25, 0.3) is 5.91 Å². The predicted octanol–water partition coefficient (Wildman–Crippen LogP) is 2.15. The normalized spacial score (nSPS) is 34.6. The predicted molar refractivity (Wildman–Crippen MR) is 82.9 cm³/mol. The molecule has 1 aliphatic heterocycles. The molecule has 0 spiro atoms. The summed E-state index contributed by atoms with van der Waals surface area (Å²) in [7, 11) is 0. The third-order valence-corrected chi connectivity index (χ3v) is 5.55. The third-order valence-electron chi connectivity index (χ3n) is 5.55. The first-order chi connectivity index (χ1) is 10.5. The van der Waals surface area contributed by atoms with E-state index in [0.717, 1.165) is 24.8 Å². The number of nitrogens with zero attached hydrogens (tertiary/aromatic N) is 1. The summed E-state index contributed by atoms with van der Waals surface area (Å²) >= 11 is 0. The average molecular weight is 301 g/mol. The SMILES string of the molecule is CC(=O)[C@@]1(O)C(=O)N(Cc2ccccc2)[C@H]2CCC[C@@H]2[C@H]1C. The monoisotopic (exact) mass is 301 g/mol. The van der Waals surface area contributed by atoms with E-state index >= 15 is 0 Å². The molecular formula is C18H23NO3. The number of fused-ring (bicyclic) bond motifs is 1. The van der Waals surface area contributed by atoms with E-state index < -0.39 is 17.3 Å². The van der Waals surface area contributed by atoms with E-state index in [0.29, 0.717) is 6.54 Å². The van der Waals surface area contributed by atoms with E-state index in [2.05, 4.69) is 0 Å². The maximum absolute atomic E-state index is 12.9. The largest absolute Gasteiger partial charge is 0.373 e. The summed E-state index contributed by atoms with van der Waals surface area (Å²) < 4.78 is 0. The lowest BCUT2D eigenvalue weighted by atomic mass is 9.70. The van der Waals surface area contributed by atoms with Gasteiger partial charge in [0.15, 0.2) is 5.78 Å². The van der Waals surface area contributed by atoms with Crippen LogP contribution in [0.3, 0.4) is 0 Å². The molecule has 118 valence electrons. The molecule has 1 heterocycles. The van der Waals surface area contributed by atoms with Crippen LogP contribution in [0.25, 0.3) is 0 Å². The van der Waals surface area contributed by atoms with Crippen LogP contribution in [-0.4, -0.2) is 33.3 Å². The van der Waals surface area contributed by atoms with Crippen LogP contribution in [0.15, 0.2) is 30.3 Å². The molecule has 0 unspecified atom stereocenters. The van der Waals surface area contributed by atoms with Gasteiger partial charge in [0.05, 0.1) is 0 Å². The number of piperidine rings is 1. The zero-order valence-corrected chi connectivity index (χ0v) is 13.2. The van der Waals surface area contributed by atoms with Gasteiger partial charge in [-0.15, -0.1) is 0 Å². The van der Waals surface area contributed by atoms with Crippen molar-refractivity contribution in [1.82, 2.24) is 4.90 Å². The number of hydrogen-bond donors (Lipinski definition) is 1.